The third-order valence-corrected chi connectivity index (χ3v) is 6.91. The van der Waals surface area contributed by atoms with Gasteiger partial charge in [-0.25, -0.2) is 8.42 Å². The molecule has 1 atom stereocenters. The van der Waals surface area contributed by atoms with Crippen molar-refractivity contribution in [2.75, 3.05) is 8.73 Å². The Kier molecular flexibility index (Phi) is 4.20. The van der Waals surface area contributed by atoms with Crippen LogP contribution in [0.3, 0.4) is 0 Å². The van der Waals surface area contributed by atoms with Crippen molar-refractivity contribution in [3.05, 3.63) is 59.2 Å². The molecular weight excluding hydrogens is 409 g/mol. The molecular formula is C17H18INO2S. The van der Waals surface area contributed by atoms with Crippen molar-refractivity contribution in [2.45, 2.75) is 31.2 Å². The maximum atomic E-state index is 13.1. The average Bonchev–Trinajstić information content (AvgIpc) is 2.85. The van der Waals surface area contributed by atoms with Crippen molar-refractivity contribution < 1.29 is 8.42 Å². The van der Waals surface area contributed by atoms with Gasteiger partial charge < -0.3 is 0 Å². The molecule has 0 unspecified atom stereocenters. The quantitative estimate of drug-likeness (QED) is 0.551. The maximum absolute atomic E-state index is 13.1. The molecule has 0 aromatic heterocycles. The highest BCUT2D eigenvalue weighted by Crippen LogP contribution is 2.38. The second-order valence-electron chi connectivity index (χ2n) is 5.76. The summed E-state index contributed by atoms with van der Waals surface area (Å²) in [6, 6.07) is 13.1. The number of fused-ring (bicyclic) bond motifs is 1. The Morgan fingerprint density at radius 2 is 1.73 bits per heavy atom. The SMILES string of the molecule is Cc1ccc(S(=O)(=O)N2c3ccc(C)cc3C[C@H]2CI)cc1. The van der Waals surface area contributed by atoms with Gasteiger partial charge in [-0.3, -0.25) is 4.31 Å². The molecule has 0 radical (unpaired) electrons. The molecule has 1 aliphatic heterocycles. The molecule has 0 bridgehead atoms. The predicted molar refractivity (Wildman–Crippen MR) is 98.4 cm³/mol. The fourth-order valence-corrected chi connectivity index (χ4v) is 5.55. The Labute approximate surface area is 145 Å². The van der Waals surface area contributed by atoms with Gasteiger partial charge in [-0.15, -0.1) is 0 Å². The van der Waals surface area contributed by atoms with E-state index in [1.165, 1.54) is 5.56 Å². The van der Waals surface area contributed by atoms with E-state index in [2.05, 4.69) is 28.7 Å². The molecule has 0 aliphatic carbocycles. The zero-order chi connectivity index (χ0) is 15.9. The molecule has 0 fully saturated rings. The predicted octanol–water partition coefficient (Wildman–Crippen LogP) is 3.86. The fraction of sp³-hybridized carbons (Fsp3) is 0.294. The molecule has 2 aromatic rings. The van der Waals surface area contributed by atoms with Crippen LogP contribution >= 0.6 is 22.6 Å². The van der Waals surface area contributed by atoms with Crippen LogP contribution in [0.15, 0.2) is 47.4 Å². The molecule has 0 spiro atoms. The molecule has 1 aliphatic rings. The van der Waals surface area contributed by atoms with Gasteiger partial charge in [-0.05, 0) is 44.0 Å². The molecule has 3 rings (SSSR count). The van der Waals surface area contributed by atoms with Crippen molar-refractivity contribution in [3.63, 3.8) is 0 Å². The second-order valence-corrected chi connectivity index (χ2v) is 8.45. The fourth-order valence-electron chi connectivity index (χ4n) is 2.89. The van der Waals surface area contributed by atoms with E-state index in [1.54, 1.807) is 16.4 Å². The highest BCUT2D eigenvalue weighted by atomic mass is 127. The Bertz CT molecular complexity index is 800. The largest absolute Gasteiger partial charge is 0.264 e. The van der Waals surface area contributed by atoms with Crippen LogP contribution in [0, 0.1) is 13.8 Å². The first-order chi connectivity index (χ1) is 10.4. The normalized spacial score (nSPS) is 17.6. The Balaban J connectivity index is 2.11. The van der Waals surface area contributed by atoms with E-state index >= 15 is 0 Å². The lowest BCUT2D eigenvalue weighted by atomic mass is 10.1. The summed E-state index contributed by atoms with van der Waals surface area (Å²) in [5.74, 6) is 0. The Morgan fingerprint density at radius 3 is 2.36 bits per heavy atom. The summed E-state index contributed by atoms with van der Waals surface area (Å²) in [4.78, 5) is 0.362. The van der Waals surface area contributed by atoms with Gasteiger partial charge in [0.05, 0.1) is 16.6 Å². The molecule has 0 saturated heterocycles. The van der Waals surface area contributed by atoms with Crippen LogP contribution in [0.5, 0.6) is 0 Å². The van der Waals surface area contributed by atoms with Crippen LogP contribution in [0.4, 0.5) is 5.69 Å². The number of aryl methyl sites for hydroxylation is 2. The first-order valence-electron chi connectivity index (χ1n) is 7.20. The van der Waals surface area contributed by atoms with E-state index < -0.39 is 10.0 Å². The zero-order valence-corrected chi connectivity index (χ0v) is 15.6. The molecule has 0 N–H and O–H groups in total. The van der Waals surface area contributed by atoms with Gasteiger partial charge in [0.1, 0.15) is 0 Å². The third-order valence-electron chi connectivity index (χ3n) is 4.02. The summed E-state index contributed by atoms with van der Waals surface area (Å²) in [5, 5.41) is 0. The molecule has 0 saturated carbocycles. The van der Waals surface area contributed by atoms with Gasteiger partial charge in [0.2, 0.25) is 0 Å². The summed E-state index contributed by atoms with van der Waals surface area (Å²) < 4.78 is 28.6. The standard InChI is InChI=1S/C17H18INO2S/c1-12-3-6-16(7-4-12)22(20,21)19-15(11-18)10-14-9-13(2)5-8-17(14)19/h3-9,15H,10-11H2,1-2H3/t15-/m0/s1. The van der Waals surface area contributed by atoms with Crippen LogP contribution in [0.2, 0.25) is 0 Å². The molecule has 116 valence electrons. The van der Waals surface area contributed by atoms with E-state index in [-0.39, 0.29) is 6.04 Å². The minimum atomic E-state index is -3.51. The number of benzene rings is 2. The van der Waals surface area contributed by atoms with Gasteiger partial charge in [0, 0.05) is 4.43 Å². The summed E-state index contributed by atoms with van der Waals surface area (Å²) in [7, 11) is -3.51. The Morgan fingerprint density at radius 1 is 1.09 bits per heavy atom. The first kappa shape index (κ1) is 15.8. The number of alkyl halides is 1. The number of hydrogen-bond acceptors (Lipinski definition) is 2. The molecule has 22 heavy (non-hydrogen) atoms. The lowest BCUT2D eigenvalue weighted by Crippen LogP contribution is -2.38. The van der Waals surface area contributed by atoms with Crippen molar-refractivity contribution in [1.82, 2.24) is 0 Å². The molecule has 2 aromatic carbocycles. The van der Waals surface area contributed by atoms with Gasteiger partial charge >= 0.3 is 0 Å². The minimum absolute atomic E-state index is 0.0105. The van der Waals surface area contributed by atoms with Gasteiger partial charge in [0.25, 0.3) is 10.0 Å². The topological polar surface area (TPSA) is 37.4 Å². The van der Waals surface area contributed by atoms with E-state index in [0.29, 0.717) is 4.90 Å². The third kappa shape index (κ3) is 2.65. The second kappa shape index (κ2) is 5.85. The van der Waals surface area contributed by atoms with Crippen LogP contribution in [0.25, 0.3) is 0 Å². The average molecular weight is 427 g/mol. The maximum Gasteiger partial charge on any atom is 0.264 e. The summed E-state index contributed by atoms with van der Waals surface area (Å²) >= 11 is 2.27. The highest BCUT2D eigenvalue weighted by molar-refractivity contribution is 14.1. The lowest BCUT2D eigenvalue weighted by molar-refractivity contribution is 0.585. The van der Waals surface area contributed by atoms with Crippen molar-refractivity contribution in [2.24, 2.45) is 0 Å². The number of hydrogen-bond donors (Lipinski definition) is 0. The van der Waals surface area contributed by atoms with E-state index in [0.717, 1.165) is 27.7 Å². The smallest absolute Gasteiger partial charge is 0.262 e. The van der Waals surface area contributed by atoms with Crippen molar-refractivity contribution >= 4 is 38.3 Å². The van der Waals surface area contributed by atoms with Crippen LogP contribution in [0.1, 0.15) is 16.7 Å². The first-order valence-corrected chi connectivity index (χ1v) is 10.2. The monoisotopic (exact) mass is 427 g/mol. The molecule has 1 heterocycles. The lowest BCUT2D eigenvalue weighted by Gasteiger charge is -2.26. The number of rotatable bonds is 3. The van der Waals surface area contributed by atoms with E-state index in [9.17, 15) is 8.42 Å². The molecule has 5 heteroatoms. The molecule has 0 amide bonds. The zero-order valence-electron chi connectivity index (χ0n) is 12.6. The number of anilines is 1. The summed E-state index contributed by atoms with van der Waals surface area (Å²) in [6.45, 7) is 3.99. The van der Waals surface area contributed by atoms with Crippen LogP contribution in [-0.2, 0) is 16.4 Å². The van der Waals surface area contributed by atoms with Gasteiger partial charge in [-0.1, -0.05) is 58.0 Å². The van der Waals surface area contributed by atoms with Gasteiger partial charge in [-0.2, -0.15) is 0 Å². The van der Waals surface area contributed by atoms with Crippen LogP contribution < -0.4 is 4.31 Å². The molecule has 3 nitrogen and oxygen atoms in total. The highest BCUT2D eigenvalue weighted by Gasteiger charge is 2.37. The van der Waals surface area contributed by atoms with E-state index in [1.807, 2.05) is 38.1 Å². The van der Waals surface area contributed by atoms with Crippen molar-refractivity contribution in [3.8, 4) is 0 Å². The number of nitrogens with zero attached hydrogens (tertiary/aromatic N) is 1. The summed E-state index contributed by atoms with van der Waals surface area (Å²) in [6.07, 6.45) is 0.783. The van der Waals surface area contributed by atoms with Gasteiger partial charge in [0.15, 0.2) is 0 Å². The summed E-state index contributed by atoms with van der Waals surface area (Å²) in [5.41, 5.74) is 4.17. The Hall–Kier alpha value is -1.08. The number of halogens is 1. The van der Waals surface area contributed by atoms with E-state index in [4.69, 9.17) is 0 Å². The van der Waals surface area contributed by atoms with Crippen molar-refractivity contribution in [1.29, 1.82) is 0 Å². The minimum Gasteiger partial charge on any atom is -0.262 e. The number of sulfonamides is 1. The van der Waals surface area contributed by atoms with Crippen LogP contribution in [-0.4, -0.2) is 18.9 Å².